The maximum Gasteiger partial charge on any atom is 0.500 e. The van der Waals surface area contributed by atoms with E-state index in [1.54, 1.807) is 21.3 Å². The van der Waals surface area contributed by atoms with Crippen LogP contribution < -0.4 is 5.32 Å². The molecule has 0 aromatic heterocycles. The van der Waals surface area contributed by atoms with Gasteiger partial charge in [-0.05, 0) is 40.2 Å². The van der Waals surface area contributed by atoms with E-state index in [1.807, 2.05) is 20.8 Å². The molecular weight excluding hydrogens is 430 g/mol. The largest absolute Gasteiger partial charge is 0.500 e. The highest BCUT2D eigenvalue weighted by Gasteiger charge is 2.39. The molecule has 0 aliphatic carbocycles. The molecule has 0 bridgehead atoms. The van der Waals surface area contributed by atoms with Crippen molar-refractivity contribution >= 4 is 30.2 Å². The first kappa shape index (κ1) is 29.5. The molecule has 0 saturated heterocycles. The van der Waals surface area contributed by atoms with Crippen LogP contribution in [0.4, 0.5) is 0 Å². The lowest BCUT2D eigenvalue weighted by Gasteiger charge is -2.28. The first-order chi connectivity index (χ1) is 14.0. The Morgan fingerprint density at radius 3 is 1.76 bits per heavy atom. The van der Waals surface area contributed by atoms with E-state index >= 15 is 0 Å². The van der Waals surface area contributed by atoms with Crippen molar-refractivity contribution in [1.82, 2.24) is 5.32 Å². The lowest BCUT2D eigenvalue weighted by Crippen LogP contribution is -2.46. The molecule has 0 aliphatic rings. The van der Waals surface area contributed by atoms with Crippen LogP contribution in [0.5, 0.6) is 0 Å². The first-order valence-corrected chi connectivity index (χ1v) is 15.0. The summed E-state index contributed by atoms with van der Waals surface area (Å²) in [4.78, 5) is 0. The van der Waals surface area contributed by atoms with Gasteiger partial charge in [0.1, 0.15) is 0 Å². The van der Waals surface area contributed by atoms with Crippen LogP contribution in [0.15, 0.2) is 0 Å². The zero-order valence-electron chi connectivity index (χ0n) is 19.2. The molecular formula is C18H43NO7SSi2. The summed E-state index contributed by atoms with van der Waals surface area (Å²) in [5, 5.41) is 3.50. The maximum absolute atomic E-state index is 5.89. The highest BCUT2D eigenvalue weighted by atomic mass is 32.1. The van der Waals surface area contributed by atoms with Crippen molar-refractivity contribution in [3.63, 3.8) is 0 Å². The van der Waals surface area contributed by atoms with E-state index in [-0.39, 0.29) is 6.04 Å². The molecule has 1 N–H and O–H groups in total. The molecule has 0 spiro atoms. The quantitative estimate of drug-likeness (QED) is 0.150. The van der Waals surface area contributed by atoms with Crippen molar-refractivity contribution in [3.8, 4) is 0 Å². The third kappa shape index (κ3) is 12.2. The number of thiol groups is 1. The van der Waals surface area contributed by atoms with Crippen molar-refractivity contribution < 1.29 is 31.3 Å². The van der Waals surface area contributed by atoms with E-state index < -0.39 is 17.6 Å². The van der Waals surface area contributed by atoms with Gasteiger partial charge in [-0.3, -0.25) is 0 Å². The summed E-state index contributed by atoms with van der Waals surface area (Å²) in [6.45, 7) is 9.82. The normalized spacial score (nSPS) is 13.8. The average molecular weight is 474 g/mol. The molecule has 176 valence electrons. The molecule has 0 aromatic rings. The Kier molecular flexibility index (Phi) is 18.4. The van der Waals surface area contributed by atoms with Gasteiger partial charge in [-0.15, -0.1) is 0 Å². The molecule has 0 aliphatic heterocycles. The summed E-state index contributed by atoms with van der Waals surface area (Å²) in [7, 11) is -0.197. The number of nitrogens with one attached hydrogen (secondary N) is 1. The Morgan fingerprint density at radius 2 is 1.31 bits per heavy atom. The van der Waals surface area contributed by atoms with Crippen LogP contribution in [0.2, 0.25) is 12.1 Å². The zero-order valence-corrected chi connectivity index (χ0v) is 22.1. The molecule has 29 heavy (non-hydrogen) atoms. The predicted octanol–water partition coefficient (Wildman–Crippen LogP) is 2.60. The molecule has 0 rings (SSSR count). The van der Waals surface area contributed by atoms with E-state index in [0.29, 0.717) is 38.8 Å². The minimum atomic E-state index is -2.56. The van der Waals surface area contributed by atoms with E-state index in [0.717, 1.165) is 31.5 Å². The second-order valence-electron chi connectivity index (χ2n) is 6.39. The number of hydrogen-bond donors (Lipinski definition) is 2. The molecule has 0 saturated carbocycles. The van der Waals surface area contributed by atoms with Crippen LogP contribution in [0.3, 0.4) is 0 Å². The molecule has 1 unspecified atom stereocenters. The smallest absolute Gasteiger partial charge is 0.380 e. The third-order valence-corrected chi connectivity index (χ3v) is 10.9. The van der Waals surface area contributed by atoms with Crippen molar-refractivity contribution in [2.75, 3.05) is 66.7 Å². The molecule has 0 heterocycles. The number of hydrogen-bond acceptors (Lipinski definition) is 9. The van der Waals surface area contributed by atoms with Crippen molar-refractivity contribution in [3.05, 3.63) is 0 Å². The second-order valence-corrected chi connectivity index (χ2v) is 12.6. The van der Waals surface area contributed by atoms with Gasteiger partial charge in [0.25, 0.3) is 0 Å². The molecule has 0 fully saturated rings. The van der Waals surface area contributed by atoms with Gasteiger partial charge in [0, 0.05) is 71.6 Å². The molecule has 8 nitrogen and oxygen atoms in total. The fraction of sp³-hybridized carbons (Fsp3) is 1.00. The minimum absolute atomic E-state index is 0.190. The van der Waals surface area contributed by atoms with E-state index in [2.05, 4.69) is 17.9 Å². The van der Waals surface area contributed by atoms with Gasteiger partial charge in [0.2, 0.25) is 0 Å². The summed E-state index contributed by atoms with van der Waals surface area (Å²) in [5.74, 6) is 0.706. The van der Waals surface area contributed by atoms with Crippen LogP contribution in [-0.2, 0) is 31.3 Å². The van der Waals surface area contributed by atoms with Crippen LogP contribution in [-0.4, -0.2) is 90.3 Å². The van der Waals surface area contributed by atoms with E-state index in [9.17, 15) is 0 Å². The van der Waals surface area contributed by atoms with Gasteiger partial charge in [-0.25, -0.2) is 0 Å². The summed E-state index contributed by atoms with van der Waals surface area (Å²) >= 11 is 4.43. The van der Waals surface area contributed by atoms with Gasteiger partial charge in [0.15, 0.2) is 0 Å². The molecule has 1 atom stereocenters. The first-order valence-electron chi connectivity index (χ1n) is 10.5. The molecule has 0 aromatic carbocycles. The predicted molar refractivity (Wildman–Crippen MR) is 123 cm³/mol. The summed E-state index contributed by atoms with van der Waals surface area (Å²) in [6, 6.07) is 1.72. The minimum Gasteiger partial charge on any atom is -0.380 e. The van der Waals surface area contributed by atoms with Gasteiger partial charge in [-0.2, -0.15) is 12.6 Å². The summed E-state index contributed by atoms with van der Waals surface area (Å²) in [5.41, 5.74) is 0. The summed E-state index contributed by atoms with van der Waals surface area (Å²) in [6.07, 6.45) is 1.74. The Balaban J connectivity index is 4.17. The van der Waals surface area contributed by atoms with Gasteiger partial charge < -0.3 is 36.6 Å². The highest BCUT2D eigenvalue weighted by molar-refractivity contribution is 7.80. The lowest BCUT2D eigenvalue weighted by atomic mass is 10.3. The van der Waals surface area contributed by atoms with Crippen molar-refractivity contribution in [1.29, 1.82) is 0 Å². The fourth-order valence-corrected chi connectivity index (χ4v) is 7.50. The Morgan fingerprint density at radius 1 is 0.793 bits per heavy atom. The highest BCUT2D eigenvalue weighted by Crippen LogP contribution is 2.18. The Hall–Kier alpha value is 0.464. The molecule has 11 heteroatoms. The van der Waals surface area contributed by atoms with Crippen molar-refractivity contribution in [2.45, 2.75) is 51.7 Å². The molecule has 0 radical (unpaired) electrons. The monoisotopic (exact) mass is 473 g/mol. The standard InChI is InChI=1S/C18H43NO7SSi2/c1-7-24-29(25-8-2,26-9-3)14-10-12-19-18(17-27)16-23-13-11-15-28(20-4,21-5)22-6/h18-19,27H,7-17H2,1-6H3. The molecule has 0 amide bonds. The topological polar surface area (TPSA) is 76.6 Å². The van der Waals surface area contributed by atoms with E-state index in [4.69, 9.17) is 31.3 Å². The van der Waals surface area contributed by atoms with Gasteiger partial charge in [0.05, 0.1) is 6.61 Å². The number of rotatable bonds is 21. The Labute approximate surface area is 185 Å². The summed E-state index contributed by atoms with van der Waals surface area (Å²) < 4.78 is 39.7. The van der Waals surface area contributed by atoms with Crippen molar-refractivity contribution in [2.24, 2.45) is 0 Å². The number of ether oxygens (including phenoxy) is 1. The fourth-order valence-electron chi connectivity index (χ4n) is 2.96. The second kappa shape index (κ2) is 18.1. The third-order valence-electron chi connectivity index (χ3n) is 4.43. The maximum atomic E-state index is 5.89. The zero-order chi connectivity index (χ0) is 22.0. The van der Waals surface area contributed by atoms with Crippen LogP contribution >= 0.6 is 12.6 Å². The lowest BCUT2D eigenvalue weighted by molar-refractivity contribution is 0.0705. The average Bonchev–Trinajstić information content (AvgIpc) is 2.73. The van der Waals surface area contributed by atoms with Crippen LogP contribution in [0.25, 0.3) is 0 Å². The van der Waals surface area contributed by atoms with Gasteiger partial charge in [-0.1, -0.05) is 0 Å². The van der Waals surface area contributed by atoms with Gasteiger partial charge >= 0.3 is 17.6 Å². The van der Waals surface area contributed by atoms with E-state index in [1.165, 1.54) is 0 Å². The van der Waals surface area contributed by atoms with Crippen LogP contribution in [0.1, 0.15) is 33.6 Å². The van der Waals surface area contributed by atoms with Crippen LogP contribution in [0, 0.1) is 0 Å². The Bertz CT molecular complexity index is 357. The SMILES string of the molecule is CCO[Si](CCCNC(CS)COCCC[Si](OC)(OC)OC)(OCC)OCC.